The number of hydrogen-bond donors (Lipinski definition) is 1. The Morgan fingerprint density at radius 2 is 1.65 bits per heavy atom. The molecule has 2 aliphatic rings. The molecule has 2 fully saturated rings. The van der Waals surface area contributed by atoms with Crippen LogP contribution in [-0.2, 0) is 40.2 Å². The van der Waals surface area contributed by atoms with Crippen LogP contribution < -0.4 is 4.90 Å². The number of aryl methyl sites for hydroxylation is 1. The topological polar surface area (TPSA) is 106 Å². The van der Waals surface area contributed by atoms with Gasteiger partial charge in [0.25, 0.3) is 0 Å². The first-order chi connectivity index (χ1) is 21.7. The molecule has 0 amide bonds. The van der Waals surface area contributed by atoms with Crippen molar-refractivity contribution in [2.75, 3.05) is 18.6 Å². The standard InChI is InChI=1S/C30H34F6N6O4/c1-4-23-10-24(16-42(23)28(45-3)46-25-7-18(8-25)26(43)44)41(27-37-11-19(12-38-27)20-13-39-40(2)15-20)14-17-5-21(29(31,32)33)9-22(6-17)30(34,35)36/h5-6,9,11-13,15,18,23-25,28H,4,7-8,10,14,16H2,1-3H3,(H,43,44)/t18?,23-,24+,25?,28?/m1/s1. The molecular formula is C30H34F6N6O4. The van der Waals surface area contributed by atoms with Crippen molar-refractivity contribution in [1.82, 2.24) is 24.6 Å². The van der Waals surface area contributed by atoms with Gasteiger partial charge < -0.3 is 19.5 Å². The Hall–Kier alpha value is -3.76. The number of rotatable bonds is 11. The van der Waals surface area contributed by atoms with E-state index in [1.54, 1.807) is 29.0 Å². The SMILES string of the molecule is CC[C@@H]1C[C@H](N(Cc2cc(C(F)(F)F)cc(C(F)(F)F)c2)c2ncc(-c3cnn(C)c3)cn2)CN1C(OC)OC1CC(C(=O)O)C1. The summed E-state index contributed by atoms with van der Waals surface area (Å²) in [5, 5.41) is 13.3. The number of ether oxygens (including phenoxy) is 2. The lowest BCUT2D eigenvalue weighted by molar-refractivity contribution is -0.254. The quantitative estimate of drug-likeness (QED) is 0.209. The van der Waals surface area contributed by atoms with Gasteiger partial charge in [-0.05, 0) is 49.4 Å². The van der Waals surface area contributed by atoms with Crippen LogP contribution >= 0.6 is 0 Å². The van der Waals surface area contributed by atoms with Crippen LogP contribution in [0.3, 0.4) is 0 Å². The van der Waals surface area contributed by atoms with E-state index in [4.69, 9.17) is 9.47 Å². The second-order valence-corrected chi connectivity index (χ2v) is 11.7. The molecule has 1 N–H and O–H groups in total. The zero-order chi connectivity index (χ0) is 33.4. The Morgan fingerprint density at radius 1 is 1.02 bits per heavy atom. The predicted octanol–water partition coefficient (Wildman–Crippen LogP) is 5.58. The van der Waals surface area contributed by atoms with Crippen LogP contribution in [-0.4, -0.2) is 74.0 Å². The van der Waals surface area contributed by atoms with E-state index in [9.17, 15) is 36.2 Å². The van der Waals surface area contributed by atoms with Crippen LogP contribution in [0.25, 0.3) is 11.1 Å². The second kappa shape index (κ2) is 13.2. The van der Waals surface area contributed by atoms with Crippen molar-refractivity contribution >= 4 is 11.9 Å². The number of halogens is 6. The number of aromatic nitrogens is 4. The van der Waals surface area contributed by atoms with E-state index in [0.29, 0.717) is 43.4 Å². The highest BCUT2D eigenvalue weighted by atomic mass is 19.4. The number of benzene rings is 1. The molecule has 5 rings (SSSR count). The van der Waals surface area contributed by atoms with Gasteiger partial charge in [0.05, 0.1) is 29.3 Å². The molecule has 1 aliphatic heterocycles. The number of aliphatic carboxylic acids is 1. The Morgan fingerprint density at radius 3 is 2.15 bits per heavy atom. The number of likely N-dealkylation sites (tertiary alicyclic amines) is 1. The van der Waals surface area contributed by atoms with Gasteiger partial charge in [0.15, 0.2) is 0 Å². The number of hydrogen-bond acceptors (Lipinski definition) is 8. The fourth-order valence-corrected chi connectivity index (χ4v) is 5.97. The van der Waals surface area contributed by atoms with Crippen LogP contribution in [0.5, 0.6) is 0 Å². The lowest BCUT2D eigenvalue weighted by atomic mass is 9.82. The molecule has 3 atom stereocenters. The summed E-state index contributed by atoms with van der Waals surface area (Å²) in [6.45, 7) is 1.88. The van der Waals surface area contributed by atoms with Crippen LogP contribution in [0.4, 0.5) is 32.3 Å². The van der Waals surface area contributed by atoms with Gasteiger partial charge in [-0.1, -0.05) is 6.92 Å². The molecule has 2 aromatic heterocycles. The first-order valence-electron chi connectivity index (χ1n) is 14.7. The molecule has 10 nitrogen and oxygen atoms in total. The maximum atomic E-state index is 13.7. The molecule has 250 valence electrons. The number of nitrogens with zero attached hydrogens (tertiary/aromatic N) is 6. The van der Waals surface area contributed by atoms with Gasteiger partial charge in [0.1, 0.15) is 0 Å². The molecule has 1 unspecified atom stereocenters. The van der Waals surface area contributed by atoms with Crippen molar-refractivity contribution in [2.24, 2.45) is 13.0 Å². The Kier molecular flexibility index (Phi) is 9.61. The maximum absolute atomic E-state index is 13.7. The van der Waals surface area contributed by atoms with Gasteiger partial charge in [-0.2, -0.15) is 31.4 Å². The van der Waals surface area contributed by atoms with Gasteiger partial charge in [-0.25, -0.2) is 9.97 Å². The Bertz CT molecular complexity index is 1480. The summed E-state index contributed by atoms with van der Waals surface area (Å²) in [6, 6.07) is 0.953. The minimum absolute atomic E-state index is 0.104. The summed E-state index contributed by atoms with van der Waals surface area (Å²) in [7, 11) is 3.20. The van der Waals surface area contributed by atoms with E-state index in [1.807, 2.05) is 11.8 Å². The molecule has 0 radical (unpaired) electrons. The first kappa shape index (κ1) is 33.6. The summed E-state index contributed by atoms with van der Waals surface area (Å²) in [5.41, 5.74) is -1.66. The van der Waals surface area contributed by atoms with E-state index in [2.05, 4.69) is 15.1 Å². The van der Waals surface area contributed by atoms with Crippen LogP contribution in [0.1, 0.15) is 49.3 Å². The normalized spacial score (nSPS) is 22.9. The average molecular weight is 657 g/mol. The summed E-state index contributed by atoms with van der Waals surface area (Å²) in [4.78, 5) is 23.8. The third kappa shape index (κ3) is 7.44. The fourth-order valence-electron chi connectivity index (χ4n) is 5.97. The molecule has 46 heavy (non-hydrogen) atoms. The van der Waals surface area contributed by atoms with Gasteiger partial charge in [-0.3, -0.25) is 14.4 Å². The lowest BCUT2D eigenvalue weighted by Gasteiger charge is -2.39. The molecule has 3 aromatic rings. The smallest absolute Gasteiger partial charge is 0.416 e. The van der Waals surface area contributed by atoms with Gasteiger partial charge in [0, 0.05) is 69.0 Å². The number of anilines is 1. The van der Waals surface area contributed by atoms with Crippen LogP contribution in [0, 0.1) is 5.92 Å². The Balaban J connectivity index is 1.47. The van der Waals surface area contributed by atoms with E-state index < -0.39 is 47.8 Å². The fraction of sp³-hybridized carbons (Fsp3) is 0.533. The highest BCUT2D eigenvalue weighted by Crippen LogP contribution is 2.38. The van der Waals surface area contributed by atoms with E-state index in [-0.39, 0.29) is 42.8 Å². The van der Waals surface area contributed by atoms with Crippen molar-refractivity contribution in [3.8, 4) is 11.1 Å². The first-order valence-corrected chi connectivity index (χ1v) is 14.7. The third-order valence-corrected chi connectivity index (χ3v) is 8.51. The third-order valence-electron chi connectivity index (χ3n) is 8.51. The van der Waals surface area contributed by atoms with Crippen molar-refractivity contribution in [3.05, 3.63) is 59.7 Å². The number of carboxylic acids is 1. The minimum Gasteiger partial charge on any atom is -0.481 e. The monoisotopic (exact) mass is 656 g/mol. The molecule has 16 heteroatoms. The Labute approximate surface area is 260 Å². The van der Waals surface area contributed by atoms with E-state index in [0.717, 1.165) is 5.56 Å². The van der Waals surface area contributed by atoms with Crippen LogP contribution in [0.2, 0.25) is 0 Å². The summed E-state index contributed by atoms with van der Waals surface area (Å²) < 4.78 is 95.6. The zero-order valence-corrected chi connectivity index (χ0v) is 25.3. The van der Waals surface area contributed by atoms with Gasteiger partial charge in [-0.15, -0.1) is 0 Å². The van der Waals surface area contributed by atoms with Gasteiger partial charge >= 0.3 is 18.3 Å². The van der Waals surface area contributed by atoms with E-state index >= 15 is 0 Å². The number of alkyl halides is 6. The van der Waals surface area contributed by atoms with Crippen molar-refractivity contribution in [3.63, 3.8) is 0 Å². The zero-order valence-electron chi connectivity index (χ0n) is 25.3. The molecule has 1 aromatic carbocycles. The van der Waals surface area contributed by atoms with E-state index in [1.165, 1.54) is 19.5 Å². The van der Waals surface area contributed by atoms with Crippen molar-refractivity contribution in [2.45, 2.75) is 76.1 Å². The van der Waals surface area contributed by atoms with Crippen molar-refractivity contribution in [1.29, 1.82) is 0 Å². The molecule has 0 spiro atoms. The largest absolute Gasteiger partial charge is 0.481 e. The number of carboxylic acid groups (broad SMARTS) is 1. The second-order valence-electron chi connectivity index (χ2n) is 11.7. The molecule has 1 aliphatic carbocycles. The highest BCUT2D eigenvalue weighted by Gasteiger charge is 2.44. The lowest BCUT2D eigenvalue weighted by Crippen LogP contribution is -2.48. The van der Waals surface area contributed by atoms with Crippen LogP contribution in [0.15, 0.2) is 43.0 Å². The molecule has 0 bridgehead atoms. The van der Waals surface area contributed by atoms with Crippen molar-refractivity contribution < 1.29 is 45.7 Å². The minimum atomic E-state index is -5.00. The van der Waals surface area contributed by atoms with Gasteiger partial charge in [0.2, 0.25) is 12.4 Å². The summed E-state index contributed by atoms with van der Waals surface area (Å²) in [5.74, 6) is -1.26. The average Bonchev–Trinajstić information content (AvgIpc) is 3.60. The highest BCUT2D eigenvalue weighted by molar-refractivity contribution is 5.71. The summed E-state index contributed by atoms with van der Waals surface area (Å²) >= 11 is 0. The maximum Gasteiger partial charge on any atom is 0.416 e. The molecular weight excluding hydrogens is 622 g/mol. The summed E-state index contributed by atoms with van der Waals surface area (Å²) in [6.07, 6.45) is -2.96. The predicted molar refractivity (Wildman–Crippen MR) is 152 cm³/mol. The molecule has 1 saturated heterocycles. The number of methoxy groups -OCH3 is 1. The molecule has 3 heterocycles. The number of carbonyl (C=O) groups is 1. The molecule has 1 saturated carbocycles.